The number of hydrogen-bond donors (Lipinski definition) is 1. The molecule has 0 bridgehead atoms. The SMILES string of the molecule is COCOc1c(C)cc(O)c(C)c1C. The highest BCUT2D eigenvalue weighted by atomic mass is 16.7. The number of phenolic OH excluding ortho intramolecular Hbond substituents is 1. The van der Waals surface area contributed by atoms with E-state index in [1.807, 2.05) is 20.8 Å². The number of methoxy groups -OCH3 is 1. The van der Waals surface area contributed by atoms with E-state index in [4.69, 9.17) is 9.47 Å². The van der Waals surface area contributed by atoms with Crippen LogP contribution in [0.15, 0.2) is 6.07 Å². The summed E-state index contributed by atoms with van der Waals surface area (Å²) in [5, 5.41) is 9.54. The van der Waals surface area contributed by atoms with E-state index in [2.05, 4.69) is 0 Å². The van der Waals surface area contributed by atoms with Crippen molar-refractivity contribution >= 4 is 0 Å². The summed E-state index contributed by atoms with van der Waals surface area (Å²) >= 11 is 0. The second kappa shape index (κ2) is 4.33. The van der Waals surface area contributed by atoms with E-state index in [0.29, 0.717) is 5.75 Å². The van der Waals surface area contributed by atoms with Gasteiger partial charge in [0.1, 0.15) is 11.5 Å². The average Bonchev–Trinajstić information content (AvgIpc) is 2.14. The standard InChI is InChI=1S/C11H16O3/c1-7-5-10(12)8(2)9(3)11(7)14-6-13-4/h5,12H,6H2,1-4H3. The first-order chi connectivity index (χ1) is 6.57. The fourth-order valence-electron chi connectivity index (χ4n) is 1.38. The molecule has 0 atom stereocenters. The van der Waals surface area contributed by atoms with Gasteiger partial charge in [0.2, 0.25) is 0 Å². The van der Waals surface area contributed by atoms with Gasteiger partial charge in [-0.2, -0.15) is 0 Å². The van der Waals surface area contributed by atoms with Crippen molar-refractivity contribution in [2.75, 3.05) is 13.9 Å². The van der Waals surface area contributed by atoms with Gasteiger partial charge in [-0.3, -0.25) is 0 Å². The zero-order valence-corrected chi connectivity index (χ0v) is 9.05. The summed E-state index contributed by atoms with van der Waals surface area (Å²) in [6, 6.07) is 1.70. The largest absolute Gasteiger partial charge is 0.508 e. The van der Waals surface area contributed by atoms with Crippen molar-refractivity contribution in [2.45, 2.75) is 20.8 Å². The summed E-state index contributed by atoms with van der Waals surface area (Å²) in [7, 11) is 1.58. The number of hydrogen-bond acceptors (Lipinski definition) is 3. The lowest BCUT2D eigenvalue weighted by molar-refractivity contribution is 0.0500. The Bertz CT molecular complexity index is 332. The molecule has 0 radical (unpaired) electrons. The Hall–Kier alpha value is -1.22. The Morgan fingerprint density at radius 2 is 1.86 bits per heavy atom. The molecule has 1 rings (SSSR count). The van der Waals surface area contributed by atoms with Gasteiger partial charge in [0.15, 0.2) is 6.79 Å². The van der Waals surface area contributed by atoms with Crippen LogP contribution in [0.3, 0.4) is 0 Å². The summed E-state index contributed by atoms with van der Waals surface area (Å²) in [5.74, 6) is 1.10. The first kappa shape index (κ1) is 10.9. The molecule has 0 fully saturated rings. The average molecular weight is 196 g/mol. The van der Waals surface area contributed by atoms with Crippen LogP contribution < -0.4 is 4.74 Å². The molecule has 14 heavy (non-hydrogen) atoms. The molecule has 0 aromatic heterocycles. The Balaban J connectivity index is 3.09. The molecule has 0 heterocycles. The van der Waals surface area contributed by atoms with Crippen molar-refractivity contribution in [3.63, 3.8) is 0 Å². The number of aromatic hydroxyl groups is 1. The van der Waals surface area contributed by atoms with Gasteiger partial charge in [0.05, 0.1) is 0 Å². The maximum Gasteiger partial charge on any atom is 0.188 e. The number of ether oxygens (including phenoxy) is 2. The van der Waals surface area contributed by atoms with Crippen LogP contribution in [0.1, 0.15) is 16.7 Å². The van der Waals surface area contributed by atoms with Crippen LogP contribution in [0.5, 0.6) is 11.5 Å². The molecule has 0 saturated heterocycles. The van der Waals surface area contributed by atoms with Gasteiger partial charge in [-0.1, -0.05) is 0 Å². The summed E-state index contributed by atoms with van der Waals surface area (Å²) < 4.78 is 10.3. The molecular formula is C11H16O3. The zero-order chi connectivity index (χ0) is 10.7. The minimum absolute atomic E-state index is 0.228. The monoisotopic (exact) mass is 196 g/mol. The molecular weight excluding hydrogens is 180 g/mol. The fourth-order valence-corrected chi connectivity index (χ4v) is 1.38. The lowest BCUT2D eigenvalue weighted by Gasteiger charge is -2.14. The van der Waals surface area contributed by atoms with Gasteiger partial charge in [-0.05, 0) is 43.5 Å². The Morgan fingerprint density at radius 3 is 2.43 bits per heavy atom. The molecule has 0 unspecified atom stereocenters. The summed E-state index contributed by atoms with van der Waals surface area (Å²) in [4.78, 5) is 0. The lowest BCUT2D eigenvalue weighted by Crippen LogP contribution is -2.03. The molecule has 1 aromatic rings. The quantitative estimate of drug-likeness (QED) is 0.754. The van der Waals surface area contributed by atoms with Gasteiger partial charge >= 0.3 is 0 Å². The van der Waals surface area contributed by atoms with E-state index >= 15 is 0 Å². The molecule has 1 N–H and O–H groups in total. The van der Waals surface area contributed by atoms with E-state index in [0.717, 1.165) is 22.4 Å². The summed E-state index contributed by atoms with van der Waals surface area (Å²) in [6.45, 7) is 5.92. The van der Waals surface area contributed by atoms with Crippen molar-refractivity contribution in [1.29, 1.82) is 0 Å². The van der Waals surface area contributed by atoms with Gasteiger partial charge in [-0.15, -0.1) is 0 Å². The second-order valence-electron chi connectivity index (χ2n) is 3.34. The lowest BCUT2D eigenvalue weighted by atomic mass is 10.0. The maximum atomic E-state index is 9.54. The predicted molar refractivity (Wildman–Crippen MR) is 54.8 cm³/mol. The van der Waals surface area contributed by atoms with E-state index in [-0.39, 0.29) is 6.79 Å². The highest BCUT2D eigenvalue weighted by Gasteiger charge is 2.10. The van der Waals surface area contributed by atoms with Crippen LogP contribution in [0.25, 0.3) is 0 Å². The Kier molecular flexibility index (Phi) is 3.36. The van der Waals surface area contributed by atoms with Gasteiger partial charge in [-0.25, -0.2) is 0 Å². The van der Waals surface area contributed by atoms with Crippen molar-refractivity contribution in [3.8, 4) is 11.5 Å². The first-order valence-electron chi connectivity index (χ1n) is 4.49. The van der Waals surface area contributed by atoms with Gasteiger partial charge in [0, 0.05) is 7.11 Å². The molecule has 3 heteroatoms. The molecule has 0 spiro atoms. The molecule has 0 aliphatic carbocycles. The van der Waals surface area contributed by atoms with Crippen LogP contribution in [0.4, 0.5) is 0 Å². The summed E-state index contributed by atoms with van der Waals surface area (Å²) in [5.41, 5.74) is 2.73. The van der Waals surface area contributed by atoms with E-state index in [1.165, 1.54) is 0 Å². The number of aryl methyl sites for hydroxylation is 1. The zero-order valence-electron chi connectivity index (χ0n) is 9.05. The van der Waals surface area contributed by atoms with Gasteiger partial charge in [0.25, 0.3) is 0 Å². The third-order valence-electron chi connectivity index (χ3n) is 2.32. The van der Waals surface area contributed by atoms with E-state index in [9.17, 15) is 5.11 Å². The first-order valence-corrected chi connectivity index (χ1v) is 4.49. The molecule has 0 aliphatic heterocycles. The van der Waals surface area contributed by atoms with Crippen LogP contribution >= 0.6 is 0 Å². The highest BCUT2D eigenvalue weighted by molar-refractivity contribution is 5.51. The van der Waals surface area contributed by atoms with E-state index in [1.54, 1.807) is 13.2 Å². The predicted octanol–water partition coefficient (Wildman–Crippen LogP) is 2.30. The van der Waals surface area contributed by atoms with Gasteiger partial charge < -0.3 is 14.6 Å². The molecule has 1 aromatic carbocycles. The number of benzene rings is 1. The minimum Gasteiger partial charge on any atom is -0.508 e. The molecule has 78 valence electrons. The van der Waals surface area contributed by atoms with E-state index < -0.39 is 0 Å². The van der Waals surface area contributed by atoms with Crippen molar-refractivity contribution in [1.82, 2.24) is 0 Å². The molecule has 0 amide bonds. The third kappa shape index (κ3) is 1.99. The van der Waals surface area contributed by atoms with Crippen molar-refractivity contribution in [2.24, 2.45) is 0 Å². The van der Waals surface area contributed by atoms with Crippen LogP contribution in [-0.2, 0) is 4.74 Å². The van der Waals surface area contributed by atoms with Crippen molar-refractivity contribution < 1.29 is 14.6 Å². The Morgan fingerprint density at radius 1 is 1.21 bits per heavy atom. The fraction of sp³-hybridized carbons (Fsp3) is 0.455. The summed E-state index contributed by atoms with van der Waals surface area (Å²) in [6.07, 6.45) is 0. The highest BCUT2D eigenvalue weighted by Crippen LogP contribution is 2.32. The van der Waals surface area contributed by atoms with Crippen LogP contribution in [0.2, 0.25) is 0 Å². The third-order valence-corrected chi connectivity index (χ3v) is 2.32. The maximum absolute atomic E-state index is 9.54. The minimum atomic E-state index is 0.228. The molecule has 3 nitrogen and oxygen atoms in total. The van der Waals surface area contributed by atoms with Crippen molar-refractivity contribution in [3.05, 3.63) is 22.8 Å². The van der Waals surface area contributed by atoms with Crippen LogP contribution in [-0.4, -0.2) is 19.0 Å². The number of rotatable bonds is 3. The topological polar surface area (TPSA) is 38.7 Å². The number of phenols is 1. The van der Waals surface area contributed by atoms with Crippen LogP contribution in [0, 0.1) is 20.8 Å². The second-order valence-corrected chi connectivity index (χ2v) is 3.34. The normalized spacial score (nSPS) is 10.3. The Labute approximate surface area is 84.3 Å². The molecule has 0 saturated carbocycles. The molecule has 0 aliphatic rings. The smallest absolute Gasteiger partial charge is 0.188 e.